The van der Waals surface area contributed by atoms with Gasteiger partial charge in [-0.05, 0) is 76.5 Å². The monoisotopic (exact) mass is 327 g/mol. The van der Waals surface area contributed by atoms with E-state index < -0.39 is 0 Å². The first-order valence-corrected chi connectivity index (χ1v) is 9.81. The zero-order chi connectivity index (χ0) is 16.9. The van der Waals surface area contributed by atoms with Gasteiger partial charge in [-0.2, -0.15) is 0 Å². The van der Waals surface area contributed by atoms with Crippen LogP contribution in [0.25, 0.3) is 0 Å². The summed E-state index contributed by atoms with van der Waals surface area (Å²) >= 11 is 0. The van der Waals surface area contributed by atoms with Gasteiger partial charge in [-0.1, -0.05) is 18.2 Å². The third-order valence-electron chi connectivity index (χ3n) is 6.66. The Morgan fingerprint density at radius 1 is 1.00 bits per heavy atom. The van der Waals surface area contributed by atoms with Crippen molar-refractivity contribution in [3.63, 3.8) is 0 Å². The van der Waals surface area contributed by atoms with Crippen LogP contribution in [0.4, 0.5) is 5.69 Å². The van der Waals surface area contributed by atoms with Crippen LogP contribution in [0.2, 0.25) is 0 Å². The van der Waals surface area contributed by atoms with Gasteiger partial charge in [0.1, 0.15) is 0 Å². The number of nitrogens with two attached hydrogens (primary N) is 1. The lowest BCUT2D eigenvalue weighted by Crippen LogP contribution is -2.49. The molecule has 2 bridgehead atoms. The van der Waals surface area contributed by atoms with Gasteiger partial charge >= 0.3 is 0 Å². The number of piperidine rings is 1. The van der Waals surface area contributed by atoms with Gasteiger partial charge in [-0.3, -0.25) is 4.90 Å². The topological polar surface area (TPSA) is 32.5 Å². The Hall–Kier alpha value is -1.06. The Kier molecular flexibility index (Phi) is 4.12. The molecule has 2 saturated heterocycles. The van der Waals surface area contributed by atoms with Gasteiger partial charge in [0.15, 0.2) is 0 Å². The van der Waals surface area contributed by atoms with Crippen LogP contribution in [0.5, 0.6) is 0 Å². The third kappa shape index (κ3) is 2.76. The third-order valence-corrected chi connectivity index (χ3v) is 6.66. The van der Waals surface area contributed by atoms with Gasteiger partial charge in [0, 0.05) is 36.4 Å². The van der Waals surface area contributed by atoms with E-state index in [1.54, 1.807) is 5.56 Å². The zero-order valence-corrected chi connectivity index (χ0v) is 15.5. The summed E-state index contributed by atoms with van der Waals surface area (Å²) in [6.45, 7) is 10.6. The molecular formula is C21H33N3. The SMILES string of the molecule is CC(C)(C)N1CCCC1c1ccccc1N1CC2CCC(C1)C2N. The van der Waals surface area contributed by atoms with Gasteiger partial charge in [0.05, 0.1) is 0 Å². The van der Waals surface area contributed by atoms with Gasteiger partial charge < -0.3 is 10.6 Å². The molecule has 0 amide bonds. The van der Waals surface area contributed by atoms with Crippen LogP contribution < -0.4 is 10.6 Å². The van der Waals surface area contributed by atoms with Crippen molar-refractivity contribution < 1.29 is 0 Å². The largest absolute Gasteiger partial charge is 0.371 e. The average Bonchev–Trinajstić information content (AvgIpc) is 3.09. The van der Waals surface area contributed by atoms with Crippen molar-refractivity contribution >= 4 is 5.69 Å². The maximum absolute atomic E-state index is 6.43. The molecular weight excluding hydrogens is 294 g/mol. The van der Waals surface area contributed by atoms with Crippen molar-refractivity contribution in [1.29, 1.82) is 0 Å². The van der Waals surface area contributed by atoms with Crippen molar-refractivity contribution in [3.05, 3.63) is 29.8 Å². The first-order valence-electron chi connectivity index (χ1n) is 9.81. The molecule has 3 fully saturated rings. The molecule has 24 heavy (non-hydrogen) atoms. The summed E-state index contributed by atoms with van der Waals surface area (Å²) in [5.41, 5.74) is 9.68. The number of fused-ring (bicyclic) bond motifs is 2. The lowest BCUT2D eigenvalue weighted by atomic mass is 9.91. The van der Waals surface area contributed by atoms with E-state index in [2.05, 4.69) is 54.8 Å². The molecule has 2 heterocycles. The number of hydrogen-bond acceptors (Lipinski definition) is 3. The molecule has 0 radical (unpaired) electrons. The lowest BCUT2D eigenvalue weighted by Gasteiger charge is -2.42. The Bertz CT molecular complexity index is 577. The van der Waals surface area contributed by atoms with Crippen molar-refractivity contribution in [2.75, 3.05) is 24.5 Å². The van der Waals surface area contributed by atoms with E-state index in [4.69, 9.17) is 5.73 Å². The Morgan fingerprint density at radius 3 is 2.33 bits per heavy atom. The minimum absolute atomic E-state index is 0.234. The number of anilines is 1. The van der Waals surface area contributed by atoms with Crippen molar-refractivity contribution in [1.82, 2.24) is 4.90 Å². The quantitative estimate of drug-likeness (QED) is 0.897. The van der Waals surface area contributed by atoms with Gasteiger partial charge in [-0.25, -0.2) is 0 Å². The fourth-order valence-electron chi connectivity index (χ4n) is 5.41. The smallest absolute Gasteiger partial charge is 0.0415 e. The predicted molar refractivity (Wildman–Crippen MR) is 101 cm³/mol. The Balaban J connectivity index is 1.64. The maximum Gasteiger partial charge on any atom is 0.0415 e. The molecule has 1 aromatic rings. The fraction of sp³-hybridized carbons (Fsp3) is 0.714. The van der Waals surface area contributed by atoms with E-state index in [0.29, 0.717) is 23.9 Å². The number of benzene rings is 1. The molecule has 3 unspecified atom stereocenters. The molecule has 0 spiro atoms. The molecule has 1 aliphatic carbocycles. The van der Waals surface area contributed by atoms with Crippen molar-refractivity contribution in [2.24, 2.45) is 17.6 Å². The Labute approximate surface area is 147 Å². The highest BCUT2D eigenvalue weighted by Gasteiger charge is 2.41. The zero-order valence-electron chi connectivity index (χ0n) is 15.5. The molecule has 4 rings (SSSR count). The predicted octanol–water partition coefficient (Wildman–Crippen LogP) is 3.80. The first-order chi connectivity index (χ1) is 11.4. The first kappa shape index (κ1) is 16.4. The van der Waals surface area contributed by atoms with Crippen LogP contribution in [0.3, 0.4) is 0 Å². The van der Waals surface area contributed by atoms with Crippen LogP contribution in [0, 0.1) is 11.8 Å². The van der Waals surface area contributed by atoms with E-state index >= 15 is 0 Å². The molecule has 3 aliphatic rings. The van der Waals surface area contributed by atoms with E-state index in [0.717, 1.165) is 13.1 Å². The van der Waals surface area contributed by atoms with Gasteiger partial charge in [-0.15, -0.1) is 0 Å². The minimum Gasteiger partial charge on any atom is -0.371 e. The highest BCUT2D eigenvalue weighted by molar-refractivity contribution is 5.56. The molecule has 132 valence electrons. The fourth-order valence-corrected chi connectivity index (χ4v) is 5.41. The average molecular weight is 328 g/mol. The van der Waals surface area contributed by atoms with E-state index in [1.807, 2.05) is 0 Å². The van der Waals surface area contributed by atoms with E-state index in [-0.39, 0.29) is 5.54 Å². The number of para-hydroxylation sites is 1. The molecule has 2 aliphatic heterocycles. The van der Waals surface area contributed by atoms with Crippen molar-refractivity contribution in [3.8, 4) is 0 Å². The number of rotatable bonds is 2. The summed E-state index contributed by atoms with van der Waals surface area (Å²) in [5, 5.41) is 0. The van der Waals surface area contributed by atoms with Crippen LogP contribution in [0.15, 0.2) is 24.3 Å². The van der Waals surface area contributed by atoms with E-state index in [9.17, 15) is 0 Å². The van der Waals surface area contributed by atoms with Crippen molar-refractivity contribution in [2.45, 2.75) is 64.1 Å². The van der Waals surface area contributed by atoms with Crippen LogP contribution >= 0.6 is 0 Å². The second kappa shape index (κ2) is 6.03. The molecule has 3 atom stereocenters. The molecule has 1 saturated carbocycles. The molecule has 1 aromatic carbocycles. The molecule has 0 aromatic heterocycles. The Morgan fingerprint density at radius 2 is 1.67 bits per heavy atom. The van der Waals surface area contributed by atoms with Crippen LogP contribution in [-0.4, -0.2) is 36.1 Å². The second-order valence-electron chi connectivity index (χ2n) is 9.16. The second-order valence-corrected chi connectivity index (χ2v) is 9.16. The minimum atomic E-state index is 0.234. The number of hydrogen-bond donors (Lipinski definition) is 1. The summed E-state index contributed by atoms with van der Waals surface area (Å²) in [4.78, 5) is 5.36. The summed E-state index contributed by atoms with van der Waals surface area (Å²) in [6, 6.07) is 10.2. The summed E-state index contributed by atoms with van der Waals surface area (Å²) in [7, 11) is 0. The number of likely N-dealkylation sites (tertiary alicyclic amines) is 1. The number of nitrogens with zero attached hydrogens (tertiary/aromatic N) is 2. The normalized spacial score (nSPS) is 34.1. The summed E-state index contributed by atoms with van der Waals surface area (Å²) in [5.74, 6) is 1.39. The highest BCUT2D eigenvalue weighted by Crippen LogP contribution is 2.43. The van der Waals surface area contributed by atoms with Crippen LogP contribution in [-0.2, 0) is 0 Å². The summed E-state index contributed by atoms with van der Waals surface area (Å²) in [6.07, 6.45) is 5.24. The van der Waals surface area contributed by atoms with Gasteiger partial charge in [0.25, 0.3) is 0 Å². The van der Waals surface area contributed by atoms with Crippen LogP contribution in [0.1, 0.15) is 58.1 Å². The highest BCUT2D eigenvalue weighted by atomic mass is 15.2. The maximum atomic E-state index is 6.43. The van der Waals surface area contributed by atoms with E-state index in [1.165, 1.54) is 37.9 Å². The van der Waals surface area contributed by atoms with Gasteiger partial charge in [0.2, 0.25) is 0 Å². The standard InChI is InChI=1S/C21H33N3/c1-21(2,3)24-12-6-9-19(24)17-7-4-5-8-18(17)23-13-15-10-11-16(14-23)20(15)22/h4-5,7-8,15-16,19-20H,6,9-14,22H2,1-3H3. The molecule has 2 N–H and O–H groups in total. The molecule has 3 nitrogen and oxygen atoms in total. The molecule has 3 heteroatoms. The lowest BCUT2D eigenvalue weighted by molar-refractivity contribution is 0.122. The summed E-state index contributed by atoms with van der Waals surface area (Å²) < 4.78 is 0.